The van der Waals surface area contributed by atoms with Crippen molar-refractivity contribution in [2.45, 2.75) is 39.3 Å². The predicted molar refractivity (Wildman–Crippen MR) is 107 cm³/mol. The average molecular weight is 371 g/mol. The van der Waals surface area contributed by atoms with Gasteiger partial charge in [0.1, 0.15) is 0 Å². The molecule has 2 unspecified atom stereocenters. The number of benzene rings is 2. The van der Waals surface area contributed by atoms with Crippen LogP contribution in [0.2, 0.25) is 5.02 Å². The van der Waals surface area contributed by atoms with Gasteiger partial charge in [-0.15, -0.1) is 0 Å². The molecule has 26 heavy (non-hydrogen) atoms. The molecule has 2 aromatic carbocycles. The summed E-state index contributed by atoms with van der Waals surface area (Å²) in [6, 6.07) is 16.2. The smallest absolute Gasteiger partial charge is 0.224 e. The first-order valence-corrected chi connectivity index (χ1v) is 9.83. The van der Waals surface area contributed by atoms with Crippen molar-refractivity contribution in [1.82, 2.24) is 10.2 Å². The van der Waals surface area contributed by atoms with Crippen LogP contribution in [0.1, 0.15) is 42.9 Å². The predicted octanol–water partition coefficient (Wildman–Crippen LogP) is 4.60. The Hall–Kier alpha value is -1.84. The number of amides is 1. The van der Waals surface area contributed by atoms with E-state index < -0.39 is 0 Å². The van der Waals surface area contributed by atoms with Crippen molar-refractivity contribution in [1.29, 1.82) is 0 Å². The third-order valence-electron chi connectivity index (χ3n) is 5.29. The van der Waals surface area contributed by atoms with E-state index in [9.17, 15) is 4.79 Å². The van der Waals surface area contributed by atoms with Gasteiger partial charge in [0.25, 0.3) is 0 Å². The largest absolute Gasteiger partial charge is 0.352 e. The Balaban J connectivity index is 1.58. The van der Waals surface area contributed by atoms with Crippen LogP contribution in [0.5, 0.6) is 0 Å². The maximum Gasteiger partial charge on any atom is 0.224 e. The van der Waals surface area contributed by atoms with Crippen molar-refractivity contribution in [2.24, 2.45) is 5.92 Å². The fourth-order valence-corrected chi connectivity index (χ4v) is 3.77. The summed E-state index contributed by atoms with van der Waals surface area (Å²) in [5.74, 6) is 0.437. The fraction of sp³-hybridized carbons (Fsp3) is 0.409. The molecule has 0 saturated heterocycles. The zero-order valence-electron chi connectivity index (χ0n) is 15.5. The van der Waals surface area contributed by atoms with Crippen molar-refractivity contribution in [3.05, 3.63) is 70.2 Å². The van der Waals surface area contributed by atoms with Crippen molar-refractivity contribution >= 4 is 17.5 Å². The summed E-state index contributed by atoms with van der Waals surface area (Å²) in [6.45, 7) is 7.91. The van der Waals surface area contributed by atoms with Crippen LogP contribution in [0.3, 0.4) is 0 Å². The molecule has 2 atom stereocenters. The van der Waals surface area contributed by atoms with Crippen LogP contribution >= 0.6 is 11.6 Å². The molecule has 1 aliphatic carbocycles. The van der Waals surface area contributed by atoms with Gasteiger partial charge in [0, 0.05) is 24.0 Å². The number of carbonyl (C=O) groups excluding carboxylic acids is 1. The highest BCUT2D eigenvalue weighted by molar-refractivity contribution is 6.31. The summed E-state index contributed by atoms with van der Waals surface area (Å²) < 4.78 is 0. The minimum atomic E-state index is 0.0462. The van der Waals surface area contributed by atoms with E-state index in [0.717, 1.165) is 36.6 Å². The molecule has 1 fully saturated rings. The fourth-order valence-electron chi connectivity index (χ4n) is 3.49. The van der Waals surface area contributed by atoms with Crippen LogP contribution in [0, 0.1) is 5.92 Å². The summed E-state index contributed by atoms with van der Waals surface area (Å²) in [6.07, 6.45) is 0.886. The van der Waals surface area contributed by atoms with Crippen LogP contribution in [0.4, 0.5) is 0 Å². The number of carbonyl (C=O) groups is 1. The van der Waals surface area contributed by atoms with Crippen LogP contribution in [0.25, 0.3) is 0 Å². The van der Waals surface area contributed by atoms with Gasteiger partial charge < -0.3 is 5.32 Å². The Kier molecular flexibility index (Phi) is 6.33. The molecule has 138 valence electrons. The molecule has 1 saturated carbocycles. The molecule has 3 rings (SSSR count). The van der Waals surface area contributed by atoms with Crippen molar-refractivity contribution in [3.63, 3.8) is 0 Å². The Morgan fingerprint density at radius 3 is 2.42 bits per heavy atom. The zero-order valence-corrected chi connectivity index (χ0v) is 16.3. The van der Waals surface area contributed by atoms with Gasteiger partial charge in [-0.2, -0.15) is 0 Å². The lowest BCUT2D eigenvalue weighted by Gasteiger charge is -2.20. The van der Waals surface area contributed by atoms with Crippen molar-refractivity contribution < 1.29 is 4.79 Å². The van der Waals surface area contributed by atoms with Crippen LogP contribution < -0.4 is 5.32 Å². The van der Waals surface area contributed by atoms with E-state index in [1.54, 1.807) is 0 Å². The van der Waals surface area contributed by atoms with E-state index in [4.69, 9.17) is 11.6 Å². The Morgan fingerprint density at radius 1 is 1.08 bits per heavy atom. The number of halogens is 1. The normalized spacial score (nSPS) is 18.8. The monoisotopic (exact) mass is 370 g/mol. The van der Waals surface area contributed by atoms with E-state index in [1.165, 1.54) is 11.1 Å². The van der Waals surface area contributed by atoms with Crippen LogP contribution in [-0.2, 0) is 17.9 Å². The second-order valence-electron chi connectivity index (χ2n) is 6.92. The molecule has 0 radical (unpaired) electrons. The molecule has 3 nitrogen and oxygen atoms in total. The summed E-state index contributed by atoms with van der Waals surface area (Å²) in [7, 11) is 0. The van der Waals surface area contributed by atoms with E-state index >= 15 is 0 Å². The highest BCUT2D eigenvalue weighted by Crippen LogP contribution is 2.49. The molecule has 1 aliphatic rings. The molecule has 0 spiro atoms. The first-order valence-electron chi connectivity index (χ1n) is 9.45. The molecular weight excluding hydrogens is 344 g/mol. The second kappa shape index (κ2) is 8.70. The maximum atomic E-state index is 12.6. The summed E-state index contributed by atoms with van der Waals surface area (Å²) in [5, 5.41) is 3.89. The van der Waals surface area contributed by atoms with E-state index in [0.29, 0.717) is 6.54 Å². The molecule has 0 bridgehead atoms. The van der Waals surface area contributed by atoms with Gasteiger partial charge in [-0.25, -0.2) is 0 Å². The van der Waals surface area contributed by atoms with Crippen LogP contribution in [-0.4, -0.2) is 23.9 Å². The van der Waals surface area contributed by atoms with Gasteiger partial charge in [-0.1, -0.05) is 67.9 Å². The van der Waals surface area contributed by atoms with Gasteiger partial charge >= 0.3 is 0 Å². The first-order chi connectivity index (χ1) is 12.6. The quantitative estimate of drug-likeness (QED) is 0.736. The maximum absolute atomic E-state index is 12.6. The molecule has 0 aliphatic heterocycles. The second-order valence-corrected chi connectivity index (χ2v) is 7.33. The lowest BCUT2D eigenvalue weighted by Crippen LogP contribution is -2.27. The minimum Gasteiger partial charge on any atom is -0.352 e. The Labute approximate surface area is 161 Å². The third kappa shape index (κ3) is 4.46. The van der Waals surface area contributed by atoms with E-state index in [2.05, 4.69) is 42.3 Å². The number of nitrogens with one attached hydrogen (secondary N) is 1. The highest BCUT2D eigenvalue weighted by Gasteiger charge is 2.44. The summed E-state index contributed by atoms with van der Waals surface area (Å²) in [4.78, 5) is 14.9. The Bertz CT molecular complexity index is 757. The van der Waals surface area contributed by atoms with Gasteiger partial charge in [0.15, 0.2) is 0 Å². The first kappa shape index (κ1) is 18.9. The lowest BCUT2D eigenvalue weighted by molar-refractivity contribution is -0.122. The lowest BCUT2D eigenvalue weighted by atomic mass is 10.1. The van der Waals surface area contributed by atoms with Gasteiger partial charge in [-0.3, -0.25) is 9.69 Å². The third-order valence-corrected chi connectivity index (χ3v) is 5.64. The molecular formula is C22H27ClN2O. The van der Waals surface area contributed by atoms with Gasteiger partial charge in [0.2, 0.25) is 5.91 Å². The number of rotatable bonds is 8. The molecule has 2 aromatic rings. The number of hydrogen-bond donors (Lipinski definition) is 1. The highest BCUT2D eigenvalue weighted by atomic mass is 35.5. The molecule has 1 amide bonds. The molecule has 0 aromatic heterocycles. The van der Waals surface area contributed by atoms with Crippen molar-refractivity contribution in [2.75, 3.05) is 13.1 Å². The standard InChI is InChI=1S/C22H27ClN2O/c1-3-25(4-2)15-17-10-6-5-9-16(17)14-24-22(26)20-13-19(20)18-11-7-8-12-21(18)23/h5-12,19-20H,3-4,13-15H2,1-2H3,(H,24,26). The average Bonchev–Trinajstić information content (AvgIpc) is 3.46. The number of hydrogen-bond acceptors (Lipinski definition) is 2. The van der Waals surface area contributed by atoms with E-state index in [1.807, 2.05) is 30.3 Å². The summed E-state index contributed by atoms with van der Waals surface area (Å²) >= 11 is 6.26. The SMILES string of the molecule is CCN(CC)Cc1ccccc1CNC(=O)C1CC1c1ccccc1Cl. The zero-order chi connectivity index (χ0) is 18.5. The van der Waals surface area contributed by atoms with Crippen LogP contribution in [0.15, 0.2) is 48.5 Å². The summed E-state index contributed by atoms with van der Waals surface area (Å²) in [5.41, 5.74) is 3.58. The molecule has 0 heterocycles. The van der Waals surface area contributed by atoms with Crippen molar-refractivity contribution in [3.8, 4) is 0 Å². The van der Waals surface area contributed by atoms with Gasteiger partial charge in [-0.05, 0) is 48.2 Å². The minimum absolute atomic E-state index is 0.0462. The topological polar surface area (TPSA) is 32.3 Å². The molecule has 4 heteroatoms. The molecule has 1 N–H and O–H groups in total. The number of nitrogens with zero attached hydrogens (tertiary/aromatic N) is 1. The Morgan fingerprint density at radius 2 is 1.73 bits per heavy atom. The van der Waals surface area contributed by atoms with E-state index in [-0.39, 0.29) is 17.7 Å². The van der Waals surface area contributed by atoms with Gasteiger partial charge in [0.05, 0.1) is 0 Å².